The van der Waals surface area contributed by atoms with Crippen molar-refractivity contribution in [1.29, 1.82) is 5.26 Å². The zero-order valence-corrected chi connectivity index (χ0v) is 23.5. The van der Waals surface area contributed by atoms with Crippen molar-refractivity contribution >= 4 is 28.3 Å². The SMILES string of the molecule is CC(C)(C)OC(=O)N1[C@@H]2CC[C@@H](C2)[C@H]1C(=O)C[C@H](C#N)Cc1ccc(-c2cnc(N3CCOCC3)s2)cc1F. The molecule has 5 rings (SSSR count). The molecule has 208 valence electrons. The molecule has 2 aliphatic heterocycles. The number of carbonyl (C=O) groups is 2. The number of nitrogens with zero attached hydrogens (tertiary/aromatic N) is 4. The van der Waals surface area contributed by atoms with Gasteiger partial charge < -0.3 is 14.4 Å². The van der Waals surface area contributed by atoms with Crippen LogP contribution in [0.15, 0.2) is 24.4 Å². The number of halogens is 1. The predicted octanol–water partition coefficient (Wildman–Crippen LogP) is 5.22. The van der Waals surface area contributed by atoms with Crippen LogP contribution >= 0.6 is 11.3 Å². The van der Waals surface area contributed by atoms with E-state index in [0.29, 0.717) is 18.8 Å². The number of amides is 1. The summed E-state index contributed by atoms with van der Waals surface area (Å²) in [6.07, 6.45) is 3.92. The number of hydrogen-bond donors (Lipinski definition) is 0. The van der Waals surface area contributed by atoms with Gasteiger partial charge in [0.1, 0.15) is 11.4 Å². The van der Waals surface area contributed by atoms with Crippen LogP contribution in [0.2, 0.25) is 0 Å². The van der Waals surface area contributed by atoms with Crippen LogP contribution in [-0.4, -0.2) is 65.7 Å². The first-order valence-corrected chi connectivity index (χ1v) is 14.5. The standard InChI is InChI=1S/C29H35FN4O4S/c1-29(2,3)38-28(36)34-22-7-6-21(14-22)26(34)24(35)13-18(16-31)12-19-4-5-20(15-23(19)30)25-17-32-27(39-25)33-8-10-37-11-9-33/h4-5,15,17-18,21-22,26H,6-14H2,1-3H3/t18-,21+,22-,26+/m1/s1. The van der Waals surface area contributed by atoms with Crippen molar-refractivity contribution in [3.05, 3.63) is 35.8 Å². The van der Waals surface area contributed by atoms with Gasteiger partial charge >= 0.3 is 6.09 Å². The second kappa shape index (κ2) is 11.2. The maximum Gasteiger partial charge on any atom is 0.411 e. The monoisotopic (exact) mass is 554 g/mol. The number of carbonyl (C=O) groups excluding carboxylic acids is 2. The van der Waals surface area contributed by atoms with E-state index in [1.165, 1.54) is 17.4 Å². The third kappa shape index (κ3) is 6.10. The molecular weight excluding hydrogens is 519 g/mol. The number of rotatable bonds is 7. The fourth-order valence-corrected chi connectivity index (χ4v) is 6.90. The van der Waals surface area contributed by atoms with E-state index < -0.39 is 29.5 Å². The molecule has 10 heteroatoms. The number of hydrogen-bond acceptors (Lipinski definition) is 8. The van der Waals surface area contributed by atoms with Crippen molar-refractivity contribution in [2.75, 3.05) is 31.2 Å². The highest BCUT2D eigenvalue weighted by molar-refractivity contribution is 7.18. The summed E-state index contributed by atoms with van der Waals surface area (Å²) in [4.78, 5) is 35.5. The fraction of sp³-hybridized carbons (Fsp3) is 0.586. The molecule has 0 spiro atoms. The molecule has 8 nitrogen and oxygen atoms in total. The molecule has 39 heavy (non-hydrogen) atoms. The number of Topliss-reactive ketones (excluding diaryl/α,β-unsaturated/α-hetero) is 1. The lowest BCUT2D eigenvalue weighted by Crippen LogP contribution is -2.51. The summed E-state index contributed by atoms with van der Waals surface area (Å²) < 4.78 is 26.2. The number of morpholine rings is 1. The summed E-state index contributed by atoms with van der Waals surface area (Å²) in [5.74, 6) is -1.14. The quantitative estimate of drug-likeness (QED) is 0.463. The normalized spacial score (nSPS) is 23.5. The van der Waals surface area contributed by atoms with Gasteiger partial charge in [-0.15, -0.1) is 0 Å². The second-order valence-corrected chi connectivity index (χ2v) is 12.7. The Kier molecular flexibility index (Phi) is 7.92. The van der Waals surface area contributed by atoms with Crippen LogP contribution in [0.1, 0.15) is 52.0 Å². The molecular formula is C29H35FN4O4S. The zero-order valence-electron chi connectivity index (χ0n) is 22.7. The molecule has 2 bridgehead atoms. The summed E-state index contributed by atoms with van der Waals surface area (Å²) in [6.45, 7) is 8.32. The van der Waals surface area contributed by atoms with Crippen molar-refractivity contribution in [3.8, 4) is 16.5 Å². The molecule has 1 amide bonds. The summed E-state index contributed by atoms with van der Waals surface area (Å²) >= 11 is 1.51. The third-order valence-corrected chi connectivity index (χ3v) is 8.84. The van der Waals surface area contributed by atoms with Crippen molar-refractivity contribution in [1.82, 2.24) is 9.88 Å². The molecule has 0 radical (unpaired) electrons. The largest absolute Gasteiger partial charge is 0.444 e. The summed E-state index contributed by atoms with van der Waals surface area (Å²) in [6, 6.07) is 6.63. The number of likely N-dealkylation sites (tertiary alicyclic amines) is 1. The number of nitriles is 1. The first-order chi connectivity index (χ1) is 18.6. The highest BCUT2D eigenvalue weighted by Crippen LogP contribution is 2.44. The Morgan fingerprint density at radius 3 is 2.74 bits per heavy atom. The Labute approximate surface area is 232 Å². The zero-order chi connectivity index (χ0) is 27.7. The smallest absolute Gasteiger partial charge is 0.411 e. The summed E-state index contributed by atoms with van der Waals surface area (Å²) in [7, 11) is 0. The van der Waals surface area contributed by atoms with Crippen molar-refractivity contribution in [2.45, 2.75) is 70.6 Å². The van der Waals surface area contributed by atoms with Gasteiger partial charge in [-0.25, -0.2) is 14.2 Å². The number of benzene rings is 1. The Balaban J connectivity index is 1.24. The van der Waals surface area contributed by atoms with E-state index in [-0.39, 0.29) is 30.6 Å². The second-order valence-electron chi connectivity index (χ2n) is 11.7. The van der Waals surface area contributed by atoms with Crippen LogP contribution in [-0.2, 0) is 20.7 Å². The maximum atomic E-state index is 15.2. The molecule has 3 fully saturated rings. The molecule has 1 aliphatic carbocycles. The van der Waals surface area contributed by atoms with Crippen LogP contribution in [0, 0.1) is 29.0 Å². The summed E-state index contributed by atoms with van der Waals surface area (Å²) in [5.41, 5.74) is 0.468. The molecule has 3 heterocycles. The van der Waals surface area contributed by atoms with E-state index in [4.69, 9.17) is 9.47 Å². The van der Waals surface area contributed by atoms with Crippen LogP contribution < -0.4 is 4.90 Å². The first-order valence-electron chi connectivity index (χ1n) is 13.6. The Morgan fingerprint density at radius 2 is 2.05 bits per heavy atom. The average Bonchev–Trinajstić information content (AvgIpc) is 3.65. The topological polar surface area (TPSA) is 95.8 Å². The highest BCUT2D eigenvalue weighted by Gasteiger charge is 2.52. The molecule has 1 aromatic carbocycles. The van der Waals surface area contributed by atoms with Gasteiger partial charge in [0.05, 0.1) is 36.1 Å². The van der Waals surface area contributed by atoms with Crippen molar-refractivity contribution < 1.29 is 23.5 Å². The van der Waals surface area contributed by atoms with Gasteiger partial charge in [0, 0.05) is 31.7 Å². The number of thiazole rings is 1. The molecule has 1 saturated carbocycles. The fourth-order valence-electron chi connectivity index (χ4n) is 5.94. The van der Waals surface area contributed by atoms with Gasteiger partial charge in [-0.05, 0) is 69.6 Å². The van der Waals surface area contributed by atoms with Gasteiger partial charge in [-0.2, -0.15) is 5.26 Å². The molecule has 2 saturated heterocycles. The van der Waals surface area contributed by atoms with Gasteiger partial charge in [-0.1, -0.05) is 23.5 Å². The van der Waals surface area contributed by atoms with Crippen LogP contribution in [0.25, 0.3) is 10.4 Å². The minimum Gasteiger partial charge on any atom is -0.444 e. The van der Waals surface area contributed by atoms with Gasteiger partial charge in [-0.3, -0.25) is 9.69 Å². The van der Waals surface area contributed by atoms with Crippen molar-refractivity contribution in [2.24, 2.45) is 11.8 Å². The lowest BCUT2D eigenvalue weighted by molar-refractivity contribution is -0.126. The molecule has 1 aromatic heterocycles. The number of aromatic nitrogens is 1. The van der Waals surface area contributed by atoms with Crippen LogP contribution in [0.3, 0.4) is 0 Å². The van der Waals surface area contributed by atoms with E-state index in [1.807, 2.05) is 6.07 Å². The predicted molar refractivity (Wildman–Crippen MR) is 146 cm³/mol. The Hall–Kier alpha value is -3.03. The number of ether oxygens (including phenoxy) is 2. The van der Waals surface area contributed by atoms with Gasteiger partial charge in [0.25, 0.3) is 0 Å². The molecule has 4 atom stereocenters. The lowest BCUT2D eigenvalue weighted by atomic mass is 9.88. The van der Waals surface area contributed by atoms with E-state index in [1.54, 1.807) is 37.9 Å². The maximum absolute atomic E-state index is 15.2. The Bertz CT molecular complexity index is 1260. The van der Waals surface area contributed by atoms with E-state index in [9.17, 15) is 14.9 Å². The number of ketones is 1. The van der Waals surface area contributed by atoms with Crippen molar-refractivity contribution in [3.63, 3.8) is 0 Å². The van der Waals surface area contributed by atoms with E-state index in [0.717, 1.165) is 47.9 Å². The van der Waals surface area contributed by atoms with Gasteiger partial charge in [0.15, 0.2) is 10.9 Å². The minimum atomic E-state index is -0.686. The van der Waals surface area contributed by atoms with Crippen LogP contribution in [0.4, 0.5) is 14.3 Å². The minimum absolute atomic E-state index is 0.000159. The number of anilines is 1. The average molecular weight is 555 g/mol. The summed E-state index contributed by atoms with van der Waals surface area (Å²) in [5, 5.41) is 10.7. The molecule has 0 unspecified atom stereocenters. The number of piperidine rings is 1. The van der Waals surface area contributed by atoms with Gasteiger partial charge in [0.2, 0.25) is 0 Å². The van der Waals surface area contributed by atoms with E-state index >= 15 is 4.39 Å². The molecule has 2 aromatic rings. The molecule has 0 N–H and O–H groups in total. The first kappa shape index (κ1) is 27.5. The lowest BCUT2D eigenvalue weighted by Gasteiger charge is -2.35. The third-order valence-electron chi connectivity index (χ3n) is 7.73. The Morgan fingerprint density at radius 1 is 1.28 bits per heavy atom. The van der Waals surface area contributed by atoms with Crippen LogP contribution in [0.5, 0.6) is 0 Å². The number of fused-ring (bicyclic) bond motifs is 2. The van der Waals surface area contributed by atoms with E-state index in [2.05, 4.69) is 16.0 Å². The molecule has 3 aliphatic rings. The highest BCUT2D eigenvalue weighted by atomic mass is 32.1.